The molecule has 1 N–H and O–H groups in total. The van der Waals surface area contributed by atoms with Crippen molar-refractivity contribution in [2.24, 2.45) is 0 Å². The van der Waals surface area contributed by atoms with Gasteiger partial charge in [-0.15, -0.1) is 0 Å². The van der Waals surface area contributed by atoms with Crippen LogP contribution in [0.3, 0.4) is 0 Å². The predicted molar refractivity (Wildman–Crippen MR) is 132 cm³/mol. The Morgan fingerprint density at radius 2 is 1.82 bits per heavy atom. The van der Waals surface area contributed by atoms with Gasteiger partial charge in [0.25, 0.3) is 11.7 Å². The van der Waals surface area contributed by atoms with E-state index >= 15 is 0 Å². The lowest BCUT2D eigenvalue weighted by Gasteiger charge is -2.26. The molecule has 0 bridgehead atoms. The van der Waals surface area contributed by atoms with E-state index in [1.807, 2.05) is 25.1 Å². The van der Waals surface area contributed by atoms with Gasteiger partial charge in [0.2, 0.25) is 0 Å². The Morgan fingerprint density at radius 3 is 2.47 bits per heavy atom. The van der Waals surface area contributed by atoms with Gasteiger partial charge in [0.05, 0.1) is 18.7 Å². The fraction of sp³-hybridized carbons (Fsp3) is 0.250. The maximum absolute atomic E-state index is 13.4. The van der Waals surface area contributed by atoms with Gasteiger partial charge in [-0.3, -0.25) is 19.5 Å². The molecule has 3 aromatic rings. The predicted octanol–water partition coefficient (Wildman–Crippen LogP) is 5.32. The molecule has 6 heteroatoms. The highest BCUT2D eigenvalue weighted by Gasteiger charge is 2.47. The van der Waals surface area contributed by atoms with E-state index in [1.165, 1.54) is 12.0 Å². The molecule has 174 valence electrons. The molecule has 6 nitrogen and oxygen atoms in total. The number of hydrogen-bond donors (Lipinski definition) is 1. The minimum atomic E-state index is -0.835. The molecular weight excluding hydrogens is 428 g/mol. The number of benzene rings is 2. The fourth-order valence-electron chi connectivity index (χ4n) is 4.20. The average molecular weight is 457 g/mol. The smallest absolute Gasteiger partial charge is 0.300 e. The molecule has 1 unspecified atom stereocenters. The third-order valence-corrected chi connectivity index (χ3v) is 6.13. The lowest BCUT2D eigenvalue weighted by atomic mass is 9.84. The number of Topliss-reactive ketones (excluding diaryl/α,β-unsaturated/α-hetero) is 1. The molecule has 0 aliphatic carbocycles. The number of hydrogen-bond acceptors (Lipinski definition) is 5. The normalized spacial score (nSPS) is 17.8. The minimum Gasteiger partial charge on any atom is -0.507 e. The number of rotatable bonds is 4. The molecule has 1 amide bonds. The molecule has 1 atom stereocenters. The van der Waals surface area contributed by atoms with Crippen LogP contribution in [0.15, 0.2) is 72.6 Å². The zero-order chi connectivity index (χ0) is 24.6. The molecule has 0 saturated carbocycles. The van der Waals surface area contributed by atoms with Crippen LogP contribution in [-0.2, 0) is 15.0 Å². The summed E-state index contributed by atoms with van der Waals surface area (Å²) in [6.07, 6.45) is 3.23. The third kappa shape index (κ3) is 4.07. The summed E-state index contributed by atoms with van der Waals surface area (Å²) in [6, 6.07) is 15.5. The van der Waals surface area contributed by atoms with E-state index in [1.54, 1.807) is 48.8 Å². The van der Waals surface area contributed by atoms with Crippen LogP contribution in [0.25, 0.3) is 5.76 Å². The summed E-state index contributed by atoms with van der Waals surface area (Å²) in [7, 11) is 1.54. The van der Waals surface area contributed by atoms with Gasteiger partial charge in [-0.1, -0.05) is 45.0 Å². The van der Waals surface area contributed by atoms with Crippen molar-refractivity contribution in [3.05, 3.63) is 94.8 Å². The van der Waals surface area contributed by atoms with Crippen molar-refractivity contribution < 1.29 is 19.4 Å². The molecule has 4 rings (SSSR count). The Kier molecular flexibility index (Phi) is 6.00. The van der Waals surface area contributed by atoms with Crippen molar-refractivity contribution in [2.45, 2.75) is 39.2 Å². The van der Waals surface area contributed by atoms with Gasteiger partial charge in [0, 0.05) is 29.7 Å². The Morgan fingerprint density at radius 1 is 1.06 bits per heavy atom. The second-order valence-electron chi connectivity index (χ2n) is 9.44. The van der Waals surface area contributed by atoms with Crippen LogP contribution < -0.4 is 9.64 Å². The minimum absolute atomic E-state index is 0.0370. The van der Waals surface area contributed by atoms with Gasteiger partial charge in [-0.2, -0.15) is 0 Å². The molecule has 1 aliphatic heterocycles. The van der Waals surface area contributed by atoms with Crippen LogP contribution in [-0.4, -0.2) is 28.9 Å². The van der Waals surface area contributed by atoms with Crippen molar-refractivity contribution in [1.29, 1.82) is 0 Å². The molecule has 34 heavy (non-hydrogen) atoms. The Labute approximate surface area is 199 Å². The third-order valence-electron chi connectivity index (χ3n) is 6.13. The quantitative estimate of drug-likeness (QED) is 0.326. The number of carbonyl (C=O) groups is 2. The standard InChI is InChI=1S/C28H28N2O4/c1-17-11-12-19(28(2,3)4)14-22(17)25(31)23-24(18-8-7-13-29-16-18)30(27(33)26(23)32)20-9-6-10-21(15-20)34-5/h6-16,24,31H,1-5H3/b25-23+. The SMILES string of the molecule is COc1cccc(N2C(=O)C(=O)/C(=C(/O)c3cc(C(C)(C)C)ccc3C)C2c2cccnc2)c1. The van der Waals surface area contributed by atoms with E-state index in [9.17, 15) is 14.7 Å². The summed E-state index contributed by atoms with van der Waals surface area (Å²) in [5.41, 5.74) is 3.35. The zero-order valence-electron chi connectivity index (χ0n) is 20.0. The van der Waals surface area contributed by atoms with E-state index < -0.39 is 17.7 Å². The highest BCUT2D eigenvalue weighted by atomic mass is 16.5. The monoisotopic (exact) mass is 456 g/mol. The first-order valence-corrected chi connectivity index (χ1v) is 11.1. The van der Waals surface area contributed by atoms with Crippen LogP contribution >= 0.6 is 0 Å². The summed E-state index contributed by atoms with van der Waals surface area (Å²) in [4.78, 5) is 32.3. The van der Waals surface area contributed by atoms with E-state index in [0.29, 0.717) is 22.6 Å². The number of carbonyl (C=O) groups excluding carboxylic acids is 2. The van der Waals surface area contributed by atoms with Crippen LogP contribution in [0.1, 0.15) is 49.1 Å². The van der Waals surface area contributed by atoms with Crippen molar-refractivity contribution in [3.8, 4) is 5.75 Å². The molecule has 0 radical (unpaired) electrons. The number of methoxy groups -OCH3 is 1. The van der Waals surface area contributed by atoms with Crippen LogP contribution in [0.4, 0.5) is 5.69 Å². The van der Waals surface area contributed by atoms with Crippen molar-refractivity contribution in [1.82, 2.24) is 4.98 Å². The van der Waals surface area contributed by atoms with E-state index in [2.05, 4.69) is 25.8 Å². The first-order chi connectivity index (χ1) is 16.1. The number of anilines is 1. The van der Waals surface area contributed by atoms with Crippen molar-refractivity contribution in [2.75, 3.05) is 12.0 Å². The summed E-state index contributed by atoms with van der Waals surface area (Å²) >= 11 is 0. The van der Waals surface area contributed by atoms with Crippen LogP contribution in [0.2, 0.25) is 0 Å². The maximum atomic E-state index is 13.4. The van der Waals surface area contributed by atoms with Gasteiger partial charge >= 0.3 is 0 Å². The summed E-state index contributed by atoms with van der Waals surface area (Å²) in [5.74, 6) is -1.10. The largest absolute Gasteiger partial charge is 0.507 e. The van der Waals surface area contributed by atoms with Gasteiger partial charge in [-0.25, -0.2) is 0 Å². The fourth-order valence-corrected chi connectivity index (χ4v) is 4.20. The van der Waals surface area contributed by atoms with Crippen LogP contribution in [0, 0.1) is 6.92 Å². The number of amides is 1. The Balaban J connectivity index is 1.97. The molecule has 2 heterocycles. The van der Waals surface area contributed by atoms with E-state index in [-0.39, 0.29) is 16.7 Å². The number of aryl methyl sites for hydroxylation is 1. The number of aliphatic hydroxyl groups excluding tert-OH is 1. The van der Waals surface area contributed by atoms with Gasteiger partial charge in [0.1, 0.15) is 11.5 Å². The number of aliphatic hydroxyl groups is 1. The molecule has 1 fully saturated rings. The van der Waals surface area contributed by atoms with E-state index in [0.717, 1.165) is 11.1 Å². The molecule has 2 aromatic carbocycles. The highest BCUT2D eigenvalue weighted by molar-refractivity contribution is 6.51. The van der Waals surface area contributed by atoms with Gasteiger partial charge < -0.3 is 9.84 Å². The number of pyridine rings is 1. The highest BCUT2D eigenvalue weighted by Crippen LogP contribution is 2.43. The van der Waals surface area contributed by atoms with Crippen molar-refractivity contribution in [3.63, 3.8) is 0 Å². The molecular formula is C28H28N2O4. The number of ether oxygens (including phenoxy) is 1. The lowest BCUT2D eigenvalue weighted by molar-refractivity contribution is -0.132. The molecule has 1 saturated heterocycles. The number of ketones is 1. The van der Waals surface area contributed by atoms with Gasteiger partial charge in [-0.05, 0) is 53.3 Å². The van der Waals surface area contributed by atoms with Crippen molar-refractivity contribution >= 4 is 23.1 Å². The Bertz CT molecular complexity index is 1290. The lowest BCUT2D eigenvalue weighted by Crippen LogP contribution is -2.29. The first-order valence-electron chi connectivity index (χ1n) is 11.1. The van der Waals surface area contributed by atoms with E-state index in [4.69, 9.17) is 4.74 Å². The van der Waals surface area contributed by atoms with Gasteiger partial charge in [0.15, 0.2) is 0 Å². The summed E-state index contributed by atoms with van der Waals surface area (Å²) in [6.45, 7) is 8.12. The topological polar surface area (TPSA) is 79.7 Å². The summed E-state index contributed by atoms with van der Waals surface area (Å²) in [5, 5.41) is 11.5. The second kappa shape index (κ2) is 8.78. The average Bonchev–Trinajstić information content (AvgIpc) is 3.09. The molecule has 0 spiro atoms. The summed E-state index contributed by atoms with van der Waals surface area (Å²) < 4.78 is 5.33. The van der Waals surface area contributed by atoms with Crippen LogP contribution in [0.5, 0.6) is 5.75 Å². The maximum Gasteiger partial charge on any atom is 0.300 e. The zero-order valence-corrected chi connectivity index (χ0v) is 20.0. The second-order valence-corrected chi connectivity index (χ2v) is 9.44. The Hall–Kier alpha value is -3.93. The number of aromatic nitrogens is 1. The first kappa shape index (κ1) is 23.2. The molecule has 1 aromatic heterocycles. The number of nitrogens with zero attached hydrogens (tertiary/aromatic N) is 2. The molecule has 1 aliphatic rings.